The van der Waals surface area contributed by atoms with E-state index in [1.807, 2.05) is 23.6 Å². The van der Waals surface area contributed by atoms with Gasteiger partial charge in [0.1, 0.15) is 6.33 Å². The average molecular weight is 504 g/mol. The van der Waals surface area contributed by atoms with Crippen molar-refractivity contribution in [3.05, 3.63) is 59.2 Å². The number of likely N-dealkylation sites (tertiary alicyclic amines) is 3. The Bertz CT molecular complexity index is 1130. The van der Waals surface area contributed by atoms with Crippen LogP contribution < -0.4 is 0 Å². The van der Waals surface area contributed by atoms with Gasteiger partial charge in [-0.15, -0.1) is 0 Å². The first-order valence-electron chi connectivity index (χ1n) is 13.7. The molecule has 1 aromatic carbocycles. The summed E-state index contributed by atoms with van der Waals surface area (Å²) in [6, 6.07) is 10.7. The van der Waals surface area contributed by atoms with Gasteiger partial charge < -0.3 is 19.4 Å². The molecular formula is C29H37N5O3. The molecule has 5 heterocycles. The zero-order valence-corrected chi connectivity index (χ0v) is 21.9. The van der Waals surface area contributed by atoms with Crippen LogP contribution in [0.5, 0.6) is 0 Å². The Morgan fingerprint density at radius 2 is 1.65 bits per heavy atom. The third-order valence-electron chi connectivity index (χ3n) is 9.16. The lowest BCUT2D eigenvalue weighted by molar-refractivity contribution is -0.144. The van der Waals surface area contributed by atoms with Crippen molar-refractivity contribution < 1.29 is 14.3 Å². The van der Waals surface area contributed by atoms with Crippen LogP contribution in [0.1, 0.15) is 40.2 Å². The van der Waals surface area contributed by atoms with E-state index in [-0.39, 0.29) is 23.1 Å². The van der Waals surface area contributed by atoms with Crippen LogP contribution in [0.15, 0.2) is 36.7 Å². The lowest BCUT2D eigenvalue weighted by Gasteiger charge is -2.52. The number of benzene rings is 1. The number of nitrogens with zero attached hydrogens (tertiary/aromatic N) is 5. The van der Waals surface area contributed by atoms with Gasteiger partial charge in [-0.1, -0.05) is 30.3 Å². The van der Waals surface area contributed by atoms with Crippen LogP contribution in [-0.4, -0.2) is 95.5 Å². The Hall–Kier alpha value is -2.84. The molecule has 0 saturated carbocycles. The number of aromatic nitrogens is 2. The van der Waals surface area contributed by atoms with Crippen LogP contribution in [0.4, 0.5) is 0 Å². The van der Waals surface area contributed by atoms with Gasteiger partial charge >= 0.3 is 0 Å². The molecular weight excluding hydrogens is 466 g/mol. The molecule has 4 fully saturated rings. The summed E-state index contributed by atoms with van der Waals surface area (Å²) < 4.78 is 5.46. The molecule has 0 radical (unpaired) electrons. The van der Waals surface area contributed by atoms with Gasteiger partial charge in [0.05, 0.1) is 29.5 Å². The molecule has 4 saturated heterocycles. The van der Waals surface area contributed by atoms with E-state index in [9.17, 15) is 9.59 Å². The number of ether oxygens (including phenoxy) is 1. The molecule has 196 valence electrons. The minimum absolute atomic E-state index is 0.0262. The van der Waals surface area contributed by atoms with Gasteiger partial charge in [0.25, 0.3) is 5.91 Å². The first-order chi connectivity index (χ1) is 17.9. The highest BCUT2D eigenvalue weighted by Crippen LogP contribution is 2.40. The predicted molar refractivity (Wildman–Crippen MR) is 139 cm³/mol. The van der Waals surface area contributed by atoms with Gasteiger partial charge in [-0.05, 0) is 50.6 Å². The highest BCUT2D eigenvalue weighted by Gasteiger charge is 2.49. The number of aryl methyl sites for hydroxylation is 2. The molecule has 0 aliphatic carbocycles. The Morgan fingerprint density at radius 1 is 0.973 bits per heavy atom. The van der Waals surface area contributed by atoms with Gasteiger partial charge in [0.15, 0.2) is 0 Å². The number of hydrogen-bond acceptors (Lipinski definition) is 6. The minimum atomic E-state index is 0.0262. The van der Waals surface area contributed by atoms with Crippen molar-refractivity contribution in [2.45, 2.75) is 32.1 Å². The molecule has 0 bridgehead atoms. The summed E-state index contributed by atoms with van der Waals surface area (Å²) in [5.74, 6) is 1.41. The van der Waals surface area contributed by atoms with E-state index in [0.717, 1.165) is 70.0 Å². The van der Waals surface area contributed by atoms with E-state index in [4.69, 9.17) is 4.74 Å². The average Bonchev–Trinajstić information content (AvgIpc) is 3.61. The van der Waals surface area contributed by atoms with Gasteiger partial charge in [0, 0.05) is 51.3 Å². The molecule has 0 N–H and O–H groups in total. The second-order valence-corrected chi connectivity index (χ2v) is 11.6. The number of amides is 2. The van der Waals surface area contributed by atoms with E-state index in [1.54, 1.807) is 0 Å². The van der Waals surface area contributed by atoms with Gasteiger partial charge in [-0.25, -0.2) is 9.97 Å². The second-order valence-electron chi connectivity index (χ2n) is 11.6. The molecule has 6 rings (SSSR count). The second kappa shape index (κ2) is 9.80. The Morgan fingerprint density at radius 3 is 2.27 bits per heavy atom. The van der Waals surface area contributed by atoms with Crippen molar-refractivity contribution in [2.75, 3.05) is 59.0 Å². The highest BCUT2D eigenvalue weighted by molar-refractivity contribution is 5.96. The van der Waals surface area contributed by atoms with Crippen LogP contribution >= 0.6 is 0 Å². The fourth-order valence-corrected chi connectivity index (χ4v) is 6.98. The third kappa shape index (κ3) is 4.55. The number of rotatable bonds is 6. The summed E-state index contributed by atoms with van der Waals surface area (Å²) in [6.07, 6.45) is 3.42. The van der Waals surface area contributed by atoms with E-state index in [0.29, 0.717) is 30.6 Å². The zero-order valence-electron chi connectivity index (χ0n) is 21.9. The van der Waals surface area contributed by atoms with Crippen LogP contribution in [0.25, 0.3) is 0 Å². The molecule has 1 aromatic heterocycles. The van der Waals surface area contributed by atoms with Crippen molar-refractivity contribution >= 4 is 11.8 Å². The number of hydrogen-bond donors (Lipinski definition) is 0. The van der Waals surface area contributed by atoms with Crippen molar-refractivity contribution in [3.8, 4) is 0 Å². The molecule has 2 aromatic rings. The van der Waals surface area contributed by atoms with Gasteiger partial charge in [0.2, 0.25) is 5.91 Å². The maximum absolute atomic E-state index is 13.2. The van der Waals surface area contributed by atoms with E-state index in [1.165, 1.54) is 11.9 Å². The monoisotopic (exact) mass is 503 g/mol. The lowest BCUT2D eigenvalue weighted by Crippen LogP contribution is -2.63. The normalized spacial score (nSPS) is 26.8. The molecule has 0 spiro atoms. The maximum Gasteiger partial charge on any atom is 0.257 e. The van der Waals surface area contributed by atoms with Crippen LogP contribution in [-0.2, 0) is 14.9 Å². The summed E-state index contributed by atoms with van der Waals surface area (Å²) >= 11 is 0. The van der Waals surface area contributed by atoms with E-state index >= 15 is 0 Å². The predicted octanol–water partition coefficient (Wildman–Crippen LogP) is 2.30. The molecule has 4 aliphatic rings. The summed E-state index contributed by atoms with van der Waals surface area (Å²) in [5.41, 5.74) is 3.55. The van der Waals surface area contributed by atoms with E-state index in [2.05, 4.69) is 45.2 Å². The fraction of sp³-hybridized carbons (Fsp3) is 0.586. The van der Waals surface area contributed by atoms with Crippen molar-refractivity contribution in [2.24, 2.45) is 17.8 Å². The Balaban J connectivity index is 1.06. The fourth-order valence-electron chi connectivity index (χ4n) is 6.98. The number of carbonyl (C=O) groups is 2. The Labute approximate surface area is 219 Å². The SMILES string of the molecule is Cc1ncnc(C)c1C(=O)N1C[C@H]2CN(CCC3(c4ccccc4)CN(C(=O)C4CCOC4)C3)C[C@H]2C1. The lowest BCUT2D eigenvalue weighted by atomic mass is 9.70. The van der Waals surface area contributed by atoms with Gasteiger partial charge in [-0.3, -0.25) is 9.59 Å². The third-order valence-corrected chi connectivity index (χ3v) is 9.16. The number of carbonyl (C=O) groups excluding carboxylic acids is 2. The summed E-state index contributed by atoms with van der Waals surface area (Å²) in [4.78, 5) is 41.3. The molecule has 3 atom stereocenters. The summed E-state index contributed by atoms with van der Waals surface area (Å²) in [7, 11) is 0. The topological polar surface area (TPSA) is 78.9 Å². The van der Waals surface area contributed by atoms with Gasteiger partial charge in [-0.2, -0.15) is 0 Å². The van der Waals surface area contributed by atoms with Crippen molar-refractivity contribution in [1.82, 2.24) is 24.7 Å². The smallest absolute Gasteiger partial charge is 0.257 e. The van der Waals surface area contributed by atoms with Crippen molar-refractivity contribution in [3.63, 3.8) is 0 Å². The first-order valence-corrected chi connectivity index (χ1v) is 13.7. The first kappa shape index (κ1) is 24.5. The quantitative estimate of drug-likeness (QED) is 0.602. The maximum atomic E-state index is 13.2. The largest absolute Gasteiger partial charge is 0.381 e. The zero-order chi connectivity index (χ0) is 25.6. The molecule has 2 amide bonds. The van der Waals surface area contributed by atoms with Crippen LogP contribution in [0, 0.1) is 31.6 Å². The van der Waals surface area contributed by atoms with Crippen LogP contribution in [0.3, 0.4) is 0 Å². The standard InChI is InChI=1S/C29H37N5O3/c1-20-26(21(2)31-19-30-20)28(36)33-14-23-12-32(13-24(23)15-33)10-9-29(25-6-4-3-5-7-25)17-34(18-29)27(35)22-8-11-37-16-22/h3-7,19,22-24H,8-18H2,1-2H3/t22?,23-,24+. The summed E-state index contributed by atoms with van der Waals surface area (Å²) in [5, 5.41) is 0. The summed E-state index contributed by atoms with van der Waals surface area (Å²) in [6.45, 7) is 11.4. The highest BCUT2D eigenvalue weighted by atomic mass is 16.5. The van der Waals surface area contributed by atoms with Crippen molar-refractivity contribution in [1.29, 1.82) is 0 Å². The molecule has 4 aliphatic heterocycles. The molecule has 8 heteroatoms. The molecule has 37 heavy (non-hydrogen) atoms. The van der Waals surface area contributed by atoms with Crippen LogP contribution in [0.2, 0.25) is 0 Å². The number of fused-ring (bicyclic) bond motifs is 1. The molecule has 1 unspecified atom stereocenters. The minimum Gasteiger partial charge on any atom is -0.381 e. The molecule has 8 nitrogen and oxygen atoms in total. The Kier molecular flexibility index (Phi) is 6.49. The van der Waals surface area contributed by atoms with E-state index < -0.39 is 0 Å².